The molecule has 4 aromatic carbocycles. The molecule has 1 aliphatic rings. The fourth-order valence-corrected chi connectivity index (χ4v) is 17.0. The van der Waals surface area contributed by atoms with Crippen molar-refractivity contribution in [3.05, 3.63) is 115 Å². The van der Waals surface area contributed by atoms with Crippen LogP contribution in [0.3, 0.4) is 0 Å². The topological polar surface area (TPSA) is 141 Å². The predicted octanol–water partition coefficient (Wildman–Crippen LogP) is 21.7. The third-order valence-electron chi connectivity index (χ3n) is 23.1. The molecule has 4 aromatic rings. The number of benzene rings is 4. The standard InChI is InChI=1S/C96H172N8O4/c1-13-17-21-25-29-33-37-41-45-49-61-105-93-85-65-81(77-101(5,6)57-53-97)66-86(93)74-88-68-83(79-103(9,10)59-55-99)70-90(95(88)107-63-51-47-43-39-35-31-27-23-19-15-3)76-92-72-84(80-104(11,12)60-56-100)71-91(96(92)108-64-52-48-44-40-36-32-28-24-20-16-4)75-89-69-82(78-102(7,8)58-54-98)67-87(73-85)94(89)106-62-50-46-42-38-34-30-26-22-18-14-2/h65-72H,13-64,73-80,97-100H2,1-12H3/q+4. The minimum absolute atomic E-state index is 0.621. The van der Waals surface area contributed by atoms with Crippen LogP contribution in [0.2, 0.25) is 0 Å². The fourth-order valence-electron chi connectivity index (χ4n) is 17.0. The Bertz CT molecular complexity index is 2520. The first-order valence-corrected chi connectivity index (χ1v) is 45.4. The average Bonchev–Trinajstić information content (AvgIpc) is 0.771. The van der Waals surface area contributed by atoms with Crippen molar-refractivity contribution in [2.75, 3.05) is 135 Å². The van der Waals surface area contributed by atoms with E-state index >= 15 is 0 Å². The van der Waals surface area contributed by atoms with Crippen molar-refractivity contribution >= 4 is 0 Å². The first kappa shape index (κ1) is 94.4. The van der Waals surface area contributed by atoms with Crippen molar-refractivity contribution in [1.82, 2.24) is 0 Å². The maximum Gasteiger partial charge on any atom is 0.126 e. The van der Waals surface area contributed by atoms with Crippen LogP contribution in [0.15, 0.2) is 48.5 Å². The smallest absolute Gasteiger partial charge is 0.126 e. The first-order valence-electron chi connectivity index (χ1n) is 45.4. The van der Waals surface area contributed by atoms with E-state index in [0.29, 0.717) is 78.3 Å². The highest BCUT2D eigenvalue weighted by Crippen LogP contribution is 2.43. The molecule has 0 aliphatic heterocycles. The van der Waals surface area contributed by atoms with Gasteiger partial charge in [-0.3, -0.25) is 0 Å². The Kier molecular flexibility index (Phi) is 47.6. The summed E-state index contributed by atoms with van der Waals surface area (Å²) in [4.78, 5) is 0. The molecule has 108 heavy (non-hydrogen) atoms. The van der Waals surface area contributed by atoms with Crippen LogP contribution >= 0.6 is 0 Å². The SMILES string of the molecule is CCCCCCCCCCCCOc1c2cc(C[N+](C)(C)CCN)cc1Cc1cc(C[N+](C)(C)CCN)cc(c1OCCCCCCCCCCCC)Cc1cc(C[N+](C)(C)CCN)cc(c1OCCCCCCCCCCCC)Cc1cc(C[N+](C)(C)CCN)cc(c1OCCCCCCCCCCCC)C2. The van der Waals surface area contributed by atoms with Gasteiger partial charge in [-0.25, -0.2) is 0 Å². The summed E-state index contributed by atoms with van der Waals surface area (Å²) < 4.78 is 33.6. The lowest BCUT2D eigenvalue weighted by molar-refractivity contribution is -0.902. The third kappa shape index (κ3) is 38.5. The normalized spacial score (nSPS) is 12.9. The largest absolute Gasteiger partial charge is 0.493 e. The van der Waals surface area contributed by atoms with Gasteiger partial charge in [0.2, 0.25) is 0 Å². The Hall–Kier alpha value is -4.24. The van der Waals surface area contributed by atoms with Crippen LogP contribution in [0.5, 0.6) is 23.0 Å². The molecule has 0 atom stereocenters. The van der Waals surface area contributed by atoms with Gasteiger partial charge in [0, 0.05) is 74.1 Å². The van der Waals surface area contributed by atoms with Crippen LogP contribution in [0.1, 0.15) is 351 Å². The molecule has 5 rings (SSSR count). The number of rotatable bonds is 64. The number of likely N-dealkylation sites (N-methyl/N-ethyl adjacent to an activating group) is 4. The number of nitrogens with two attached hydrogens (primary N) is 4. The van der Waals surface area contributed by atoms with Gasteiger partial charge in [0.05, 0.1) is 109 Å². The summed E-state index contributed by atoms with van der Waals surface area (Å²) in [5, 5.41) is 0. The maximum absolute atomic E-state index is 7.62. The van der Waals surface area contributed by atoms with E-state index in [9.17, 15) is 0 Å². The van der Waals surface area contributed by atoms with Crippen LogP contribution in [0, 0.1) is 0 Å². The van der Waals surface area contributed by atoms with Crippen molar-refractivity contribution in [2.45, 2.75) is 336 Å². The Balaban J connectivity index is 1.88. The molecular weight excluding hydrogens is 1330 g/mol. The molecule has 0 saturated carbocycles. The molecule has 0 aromatic heterocycles. The van der Waals surface area contributed by atoms with E-state index in [2.05, 4.69) is 133 Å². The van der Waals surface area contributed by atoms with Gasteiger partial charge in [0.1, 0.15) is 49.2 Å². The lowest BCUT2D eigenvalue weighted by atomic mass is 9.88. The van der Waals surface area contributed by atoms with E-state index in [1.54, 1.807) is 0 Å². The molecule has 0 amide bonds. The van der Waals surface area contributed by atoms with Gasteiger partial charge in [-0.15, -0.1) is 0 Å². The second-order valence-electron chi connectivity index (χ2n) is 36.2. The summed E-state index contributed by atoms with van der Waals surface area (Å²) in [6.07, 6.45) is 53.7. The number of quaternary nitrogens is 4. The summed E-state index contributed by atoms with van der Waals surface area (Å²) in [6, 6.07) is 20.2. The Morgan fingerprint density at radius 2 is 0.361 bits per heavy atom. The van der Waals surface area contributed by atoms with Gasteiger partial charge in [-0.05, 0) is 119 Å². The molecule has 8 bridgehead atoms. The molecule has 616 valence electrons. The van der Waals surface area contributed by atoms with E-state index in [1.165, 1.54) is 272 Å². The summed E-state index contributed by atoms with van der Waals surface area (Å²) in [6.45, 7) is 21.3. The highest BCUT2D eigenvalue weighted by Gasteiger charge is 2.29. The molecular formula is C96H172N8O4+4. The molecule has 1 aliphatic carbocycles. The van der Waals surface area contributed by atoms with Gasteiger partial charge in [-0.1, -0.05) is 259 Å². The molecule has 0 radical (unpaired) electrons. The zero-order chi connectivity index (χ0) is 78.1. The molecule has 0 fully saturated rings. The average molecular weight is 1500 g/mol. The lowest BCUT2D eigenvalue weighted by Gasteiger charge is -2.31. The number of unbranched alkanes of at least 4 members (excludes halogenated alkanes) is 36. The summed E-state index contributed by atoms with van der Waals surface area (Å²) in [5.41, 5.74) is 41.0. The number of ether oxygens (including phenoxy) is 4. The first-order chi connectivity index (χ1) is 52.2. The van der Waals surface area contributed by atoms with Gasteiger partial charge < -0.3 is 59.8 Å². The monoisotopic (exact) mass is 1500 g/mol. The van der Waals surface area contributed by atoms with Crippen LogP contribution in [-0.4, -0.2) is 153 Å². The van der Waals surface area contributed by atoms with Crippen molar-refractivity contribution < 1.29 is 36.9 Å². The Morgan fingerprint density at radius 3 is 0.500 bits per heavy atom. The number of fused-ring (bicyclic) bond motifs is 8. The van der Waals surface area contributed by atoms with Gasteiger partial charge >= 0.3 is 0 Å². The van der Waals surface area contributed by atoms with Crippen molar-refractivity contribution in [1.29, 1.82) is 0 Å². The third-order valence-corrected chi connectivity index (χ3v) is 23.1. The van der Waals surface area contributed by atoms with Crippen LogP contribution in [-0.2, 0) is 51.9 Å². The summed E-state index contributed by atoms with van der Waals surface area (Å²) >= 11 is 0. The number of hydrogen-bond donors (Lipinski definition) is 4. The Morgan fingerprint density at radius 1 is 0.222 bits per heavy atom. The van der Waals surface area contributed by atoms with E-state index in [-0.39, 0.29) is 0 Å². The lowest BCUT2D eigenvalue weighted by Crippen LogP contribution is -2.42. The van der Waals surface area contributed by atoms with Crippen molar-refractivity contribution in [2.24, 2.45) is 22.9 Å². The van der Waals surface area contributed by atoms with Gasteiger partial charge in [0.15, 0.2) is 0 Å². The predicted molar refractivity (Wildman–Crippen MR) is 465 cm³/mol. The van der Waals surface area contributed by atoms with Crippen LogP contribution in [0.4, 0.5) is 0 Å². The van der Waals surface area contributed by atoms with E-state index in [4.69, 9.17) is 41.9 Å². The van der Waals surface area contributed by atoms with Crippen LogP contribution < -0.4 is 41.9 Å². The van der Waals surface area contributed by atoms with Crippen molar-refractivity contribution in [3.8, 4) is 23.0 Å². The fraction of sp³-hybridized carbons (Fsp3) is 0.750. The molecule has 0 unspecified atom stereocenters. The van der Waals surface area contributed by atoms with E-state index in [0.717, 1.165) is 145 Å². The highest BCUT2D eigenvalue weighted by atomic mass is 16.5. The summed E-state index contributed by atoms with van der Waals surface area (Å²) in [5.74, 6) is 4.11. The molecule has 0 spiro atoms. The van der Waals surface area contributed by atoms with E-state index in [1.807, 2.05) is 0 Å². The zero-order valence-corrected chi connectivity index (χ0v) is 72.8. The molecule has 0 saturated heterocycles. The molecule has 12 heteroatoms. The minimum atomic E-state index is 0.621. The number of hydrogen-bond acceptors (Lipinski definition) is 8. The molecule has 0 heterocycles. The van der Waals surface area contributed by atoms with Crippen LogP contribution in [0.25, 0.3) is 0 Å². The second-order valence-corrected chi connectivity index (χ2v) is 36.2. The Labute approximate surface area is 666 Å². The molecule has 8 N–H and O–H groups in total. The highest BCUT2D eigenvalue weighted by molar-refractivity contribution is 5.58. The minimum Gasteiger partial charge on any atom is -0.493 e. The van der Waals surface area contributed by atoms with Gasteiger partial charge in [-0.2, -0.15) is 0 Å². The van der Waals surface area contributed by atoms with Crippen molar-refractivity contribution in [3.63, 3.8) is 0 Å². The quantitative estimate of drug-likeness (QED) is 0.0223. The maximum atomic E-state index is 7.62. The molecule has 12 nitrogen and oxygen atoms in total. The number of nitrogens with zero attached hydrogens (tertiary/aromatic N) is 4. The van der Waals surface area contributed by atoms with Gasteiger partial charge in [0.25, 0.3) is 0 Å². The van der Waals surface area contributed by atoms with E-state index < -0.39 is 0 Å². The zero-order valence-electron chi connectivity index (χ0n) is 72.8. The summed E-state index contributed by atoms with van der Waals surface area (Å²) in [7, 11) is 18.8. The second kappa shape index (κ2) is 54.5.